The first-order valence-electron chi connectivity index (χ1n) is 19.2. The van der Waals surface area contributed by atoms with Crippen LogP contribution < -0.4 is 0 Å². The van der Waals surface area contributed by atoms with Crippen LogP contribution in [0.5, 0.6) is 0 Å². The summed E-state index contributed by atoms with van der Waals surface area (Å²) in [7, 11) is 1.85. The highest BCUT2D eigenvalue weighted by Gasteiger charge is 2.37. The predicted octanol–water partition coefficient (Wildman–Crippen LogP) is 7.77. The third-order valence-electron chi connectivity index (χ3n) is 8.64. The second kappa shape index (κ2) is 24.8. The molecule has 0 amide bonds. The standard InChI is InChI=1S/C20H26ClNO4S.C14H16ClNO3S.C8H17O5P/c1-20(2,3)26-17(23)10-13-9-14(27)12-22(11-13)18(19(24)25-4)15-7-5-6-8-16(15)21;1-19-14(18)13(11-4-2-3-5-12(11)15)16-7-9(17)6-10(20)8-16;1-8(2,3)13-7(9)6-14(10,11-4)12-5/h5-8,10,14,18,27H,9,11-12H2,1-4H3;2-5,10,13,20H,6-8H2,1H3;6H2,1-5H3. The first-order chi connectivity index (χ1) is 28.3. The minimum absolute atomic E-state index is 0.0259. The Bertz CT molecular complexity index is 1900. The topological polar surface area (TPSA) is 164 Å². The molecule has 340 valence electrons. The lowest BCUT2D eigenvalue weighted by Gasteiger charge is -2.37. The smallest absolute Gasteiger partial charge is 0.341 e. The van der Waals surface area contributed by atoms with E-state index in [9.17, 15) is 28.5 Å². The van der Waals surface area contributed by atoms with Crippen LogP contribution in [0, 0.1) is 0 Å². The van der Waals surface area contributed by atoms with Gasteiger partial charge < -0.3 is 28.0 Å². The maximum atomic E-state index is 12.5. The number of piperidine rings is 2. The van der Waals surface area contributed by atoms with Crippen LogP contribution >= 0.6 is 56.1 Å². The van der Waals surface area contributed by atoms with Crippen molar-refractivity contribution in [3.05, 3.63) is 81.4 Å². The van der Waals surface area contributed by atoms with Gasteiger partial charge in [0.1, 0.15) is 35.2 Å². The van der Waals surface area contributed by atoms with Crippen LogP contribution in [0.15, 0.2) is 60.2 Å². The van der Waals surface area contributed by atoms with Crippen LogP contribution in [0.2, 0.25) is 10.0 Å². The molecular weight excluding hydrogens is 890 g/mol. The highest BCUT2D eigenvalue weighted by atomic mass is 35.5. The number of methoxy groups -OCH3 is 2. The summed E-state index contributed by atoms with van der Waals surface area (Å²) in [5.41, 5.74) is 1.02. The fraction of sp³-hybridized carbons (Fsp3) is 0.548. The molecule has 0 aromatic heterocycles. The van der Waals surface area contributed by atoms with Crippen molar-refractivity contribution >= 4 is 85.7 Å². The van der Waals surface area contributed by atoms with Crippen molar-refractivity contribution < 1.29 is 56.5 Å². The number of thiol groups is 2. The number of carbonyl (C=O) groups is 5. The van der Waals surface area contributed by atoms with E-state index in [0.717, 1.165) is 5.57 Å². The van der Waals surface area contributed by atoms with Gasteiger partial charge in [0.25, 0.3) is 0 Å². The predicted molar refractivity (Wildman–Crippen MR) is 242 cm³/mol. The highest BCUT2D eigenvalue weighted by Crippen LogP contribution is 2.46. The molecule has 14 nitrogen and oxygen atoms in total. The number of ether oxygens (including phenoxy) is 4. The molecule has 4 rings (SSSR count). The largest absolute Gasteiger partial charge is 0.468 e. The second-order valence-electron chi connectivity index (χ2n) is 16.1. The summed E-state index contributed by atoms with van der Waals surface area (Å²) >= 11 is 21.5. The average molecular weight is 950 g/mol. The van der Waals surface area contributed by atoms with Crippen LogP contribution in [-0.4, -0.2) is 122 Å². The van der Waals surface area contributed by atoms with Gasteiger partial charge in [-0.25, -0.2) is 14.4 Å². The molecule has 2 fully saturated rings. The van der Waals surface area contributed by atoms with Crippen molar-refractivity contribution in [2.24, 2.45) is 0 Å². The number of rotatable bonds is 11. The Morgan fingerprint density at radius 1 is 0.738 bits per heavy atom. The Morgan fingerprint density at radius 2 is 1.16 bits per heavy atom. The van der Waals surface area contributed by atoms with Crippen molar-refractivity contribution in [3.63, 3.8) is 0 Å². The molecule has 0 bridgehead atoms. The summed E-state index contributed by atoms with van der Waals surface area (Å²) in [5.74, 6) is -1.75. The summed E-state index contributed by atoms with van der Waals surface area (Å²) in [6, 6.07) is 12.9. The molecule has 2 aliphatic rings. The van der Waals surface area contributed by atoms with E-state index in [1.807, 2.05) is 43.9 Å². The molecule has 2 aromatic rings. The van der Waals surface area contributed by atoms with E-state index >= 15 is 0 Å². The van der Waals surface area contributed by atoms with Crippen molar-refractivity contribution in [3.8, 4) is 0 Å². The lowest BCUT2D eigenvalue weighted by atomic mass is 9.98. The zero-order valence-electron chi connectivity index (χ0n) is 36.3. The molecule has 61 heavy (non-hydrogen) atoms. The molecule has 0 saturated carbocycles. The number of carbonyl (C=O) groups excluding carboxylic acids is 5. The van der Waals surface area contributed by atoms with E-state index in [1.54, 1.807) is 56.0 Å². The van der Waals surface area contributed by atoms with E-state index in [2.05, 4.69) is 34.3 Å². The molecule has 2 aromatic carbocycles. The Hall–Kier alpha value is -2.92. The summed E-state index contributed by atoms with van der Waals surface area (Å²) in [6.07, 6.45) is 2.21. The maximum Gasteiger partial charge on any atom is 0.341 e. The number of benzene rings is 2. The van der Waals surface area contributed by atoms with E-state index in [1.165, 1.54) is 34.5 Å². The van der Waals surface area contributed by atoms with Gasteiger partial charge in [0, 0.05) is 66.9 Å². The first-order valence-corrected chi connectivity index (χ1v) is 22.7. The van der Waals surface area contributed by atoms with Gasteiger partial charge in [-0.1, -0.05) is 59.6 Å². The van der Waals surface area contributed by atoms with Gasteiger partial charge in [0.15, 0.2) is 0 Å². The maximum absolute atomic E-state index is 12.5. The van der Waals surface area contributed by atoms with Crippen LogP contribution in [0.1, 0.15) is 77.6 Å². The summed E-state index contributed by atoms with van der Waals surface area (Å²) < 4.78 is 40.9. The van der Waals surface area contributed by atoms with Crippen LogP contribution in [0.25, 0.3) is 0 Å². The number of halogens is 2. The van der Waals surface area contributed by atoms with Gasteiger partial charge >= 0.3 is 31.5 Å². The Labute approximate surface area is 380 Å². The van der Waals surface area contributed by atoms with Crippen LogP contribution in [0.3, 0.4) is 0 Å². The van der Waals surface area contributed by atoms with Gasteiger partial charge in [-0.3, -0.25) is 24.0 Å². The Kier molecular flexibility index (Phi) is 22.0. The SMILES string of the molecule is COC(=O)C(c1ccccc1Cl)N1CC(=CC(=O)OC(C)(C)C)CC(S)C1.COC(=O)C(c1ccccc1Cl)N1CC(=O)CC(S)C1.COP(=O)(CC(=O)OC(C)(C)C)OC. The quantitative estimate of drug-likeness (QED) is 0.0738. The molecule has 4 unspecified atom stereocenters. The molecular formula is C42H59Cl2N2O12PS2. The fourth-order valence-corrected chi connectivity index (χ4v) is 8.40. The van der Waals surface area contributed by atoms with E-state index in [0.29, 0.717) is 53.6 Å². The lowest BCUT2D eigenvalue weighted by molar-refractivity contribution is -0.152. The zero-order valence-corrected chi connectivity index (χ0v) is 40.5. The van der Waals surface area contributed by atoms with Crippen molar-refractivity contribution in [2.75, 3.05) is 60.8 Å². The van der Waals surface area contributed by atoms with Crippen LogP contribution in [-0.2, 0) is 56.5 Å². The summed E-state index contributed by atoms with van der Waals surface area (Å²) in [5, 5.41) is 0.872. The van der Waals surface area contributed by atoms with Gasteiger partial charge in [-0.15, -0.1) is 0 Å². The third kappa shape index (κ3) is 18.8. The number of Topliss-reactive ketones (excluding diaryl/α,β-unsaturated/α-hetero) is 1. The van der Waals surface area contributed by atoms with Crippen molar-refractivity contribution in [1.82, 2.24) is 9.80 Å². The normalized spacial score (nSPS) is 19.2. The van der Waals surface area contributed by atoms with E-state index in [-0.39, 0.29) is 29.0 Å². The molecule has 2 saturated heterocycles. The average Bonchev–Trinajstić information content (AvgIpc) is 3.14. The van der Waals surface area contributed by atoms with Gasteiger partial charge in [-0.05, 0) is 76.8 Å². The number of likely N-dealkylation sites (tertiary alicyclic amines) is 2. The zero-order chi connectivity index (χ0) is 46.3. The molecule has 4 atom stereocenters. The van der Waals surface area contributed by atoms with Gasteiger partial charge in [0.2, 0.25) is 0 Å². The molecule has 0 radical (unpaired) electrons. The highest BCUT2D eigenvalue weighted by molar-refractivity contribution is 7.81. The van der Waals surface area contributed by atoms with E-state index < -0.39 is 54.8 Å². The molecule has 19 heteroatoms. The molecule has 2 heterocycles. The van der Waals surface area contributed by atoms with Gasteiger partial charge in [-0.2, -0.15) is 25.3 Å². The molecule has 0 spiro atoms. The van der Waals surface area contributed by atoms with Crippen molar-refractivity contribution in [1.29, 1.82) is 0 Å². The van der Waals surface area contributed by atoms with Crippen LogP contribution in [0.4, 0.5) is 0 Å². The van der Waals surface area contributed by atoms with E-state index in [4.69, 9.17) is 42.1 Å². The molecule has 0 N–H and O–H groups in total. The number of ketones is 1. The molecule has 2 aliphatic heterocycles. The first kappa shape index (κ1) is 54.2. The minimum Gasteiger partial charge on any atom is -0.468 e. The monoisotopic (exact) mass is 948 g/mol. The summed E-state index contributed by atoms with van der Waals surface area (Å²) in [4.78, 5) is 63.5. The number of esters is 4. The number of nitrogens with zero attached hydrogens (tertiary/aromatic N) is 2. The number of hydrogen-bond acceptors (Lipinski definition) is 16. The third-order valence-corrected chi connectivity index (χ3v) is 11.8. The Morgan fingerprint density at radius 3 is 1.56 bits per heavy atom. The fourth-order valence-electron chi connectivity index (χ4n) is 6.28. The minimum atomic E-state index is -3.30. The summed E-state index contributed by atoms with van der Waals surface area (Å²) in [6.45, 7) is 12.4. The lowest BCUT2D eigenvalue weighted by Crippen LogP contribution is -2.46. The number of hydrogen-bond donors (Lipinski definition) is 2. The second-order valence-corrected chi connectivity index (χ2v) is 20.6. The van der Waals surface area contributed by atoms with Crippen molar-refractivity contribution in [2.45, 2.75) is 88.2 Å². The Balaban J connectivity index is 0.000000333. The van der Waals surface area contributed by atoms with Gasteiger partial charge in [0.05, 0.1) is 20.8 Å². The molecule has 0 aliphatic carbocycles.